The molecule has 4 rings (SSSR count). The highest BCUT2D eigenvalue weighted by Crippen LogP contribution is 2.27. The minimum atomic E-state index is -0.718. The number of benzene rings is 2. The zero-order valence-corrected chi connectivity index (χ0v) is 20.3. The number of morpholine rings is 1. The zero-order chi connectivity index (χ0) is 24.6. The van der Waals surface area contributed by atoms with Gasteiger partial charge in [0.25, 0.3) is 0 Å². The van der Waals surface area contributed by atoms with Crippen LogP contribution in [0.15, 0.2) is 54.6 Å². The lowest BCUT2D eigenvalue weighted by molar-refractivity contribution is -0.148. The van der Waals surface area contributed by atoms with Gasteiger partial charge in [-0.2, -0.15) is 0 Å². The number of likely N-dealkylation sites (tertiary alicyclic amines) is 1. The summed E-state index contributed by atoms with van der Waals surface area (Å²) in [4.78, 5) is 44.7. The van der Waals surface area contributed by atoms with Crippen molar-refractivity contribution in [3.05, 3.63) is 60.2 Å². The fourth-order valence-electron chi connectivity index (χ4n) is 4.66. The maximum atomic E-state index is 13.7. The number of ether oxygens (including phenoxy) is 1. The summed E-state index contributed by atoms with van der Waals surface area (Å²) < 4.78 is 5.40. The second-order valence-electron chi connectivity index (χ2n) is 8.90. The number of amides is 3. The van der Waals surface area contributed by atoms with Gasteiger partial charge in [-0.25, -0.2) is 0 Å². The molecule has 0 spiro atoms. The normalized spacial score (nSPS) is 17.1. The summed E-state index contributed by atoms with van der Waals surface area (Å²) in [6, 6.07) is 16.4. The van der Waals surface area contributed by atoms with Crippen LogP contribution in [0.1, 0.15) is 37.8 Å². The quantitative estimate of drug-likeness (QED) is 0.631. The first-order chi connectivity index (χ1) is 17.1. The van der Waals surface area contributed by atoms with Crippen LogP contribution in [0.4, 0.5) is 11.4 Å². The van der Waals surface area contributed by atoms with E-state index < -0.39 is 6.04 Å². The Morgan fingerprint density at radius 2 is 1.71 bits per heavy atom. The van der Waals surface area contributed by atoms with Gasteiger partial charge < -0.3 is 24.8 Å². The summed E-state index contributed by atoms with van der Waals surface area (Å²) in [6.45, 7) is 5.81. The van der Waals surface area contributed by atoms with E-state index in [4.69, 9.17) is 4.74 Å². The second kappa shape index (κ2) is 11.8. The van der Waals surface area contributed by atoms with E-state index in [0.29, 0.717) is 38.4 Å². The first-order valence-corrected chi connectivity index (χ1v) is 12.4. The van der Waals surface area contributed by atoms with Crippen LogP contribution < -0.4 is 10.2 Å². The van der Waals surface area contributed by atoms with Gasteiger partial charge in [0.05, 0.1) is 19.8 Å². The largest absolute Gasteiger partial charge is 0.378 e. The molecule has 0 aromatic heterocycles. The topological polar surface area (TPSA) is 82.2 Å². The van der Waals surface area contributed by atoms with Crippen LogP contribution in [-0.4, -0.2) is 73.5 Å². The number of likely N-dealkylation sites (N-methyl/N-ethyl adjacent to an activating group) is 1. The summed E-state index contributed by atoms with van der Waals surface area (Å²) in [6.07, 6.45) is 2.16. The van der Waals surface area contributed by atoms with Crippen LogP contribution in [0.5, 0.6) is 0 Å². The highest BCUT2D eigenvalue weighted by atomic mass is 16.5. The molecular formula is C27H34N4O4. The Kier molecular flexibility index (Phi) is 8.36. The SMILES string of the molecule is CCN(CC(=O)Nc1ccc(N2CCOCC2)cc1)C(=O)C(c1ccccc1)N1CCCCC1=O. The molecule has 2 fully saturated rings. The third-order valence-corrected chi connectivity index (χ3v) is 6.58. The average molecular weight is 479 g/mol. The molecule has 1 atom stereocenters. The third kappa shape index (κ3) is 6.19. The molecule has 186 valence electrons. The average Bonchev–Trinajstić information content (AvgIpc) is 2.90. The van der Waals surface area contributed by atoms with Gasteiger partial charge in [0, 0.05) is 44.0 Å². The van der Waals surface area contributed by atoms with Crippen LogP contribution >= 0.6 is 0 Å². The first-order valence-electron chi connectivity index (χ1n) is 12.4. The van der Waals surface area contributed by atoms with Gasteiger partial charge in [-0.15, -0.1) is 0 Å². The maximum Gasteiger partial charge on any atom is 0.250 e. The minimum Gasteiger partial charge on any atom is -0.378 e. The zero-order valence-electron chi connectivity index (χ0n) is 20.3. The standard InChI is InChI=1S/C27H34N4O4/c1-2-29(20-24(32)28-22-11-13-23(14-12-22)30-16-18-35-19-17-30)27(34)26(21-8-4-3-5-9-21)31-15-7-6-10-25(31)33/h3-5,8-9,11-14,26H,2,6-7,10,15-20H2,1H3,(H,28,32). The van der Waals surface area contributed by atoms with Gasteiger partial charge in [-0.05, 0) is 49.6 Å². The number of rotatable bonds is 8. The van der Waals surface area contributed by atoms with E-state index in [1.54, 1.807) is 4.90 Å². The minimum absolute atomic E-state index is 0.0145. The van der Waals surface area contributed by atoms with Gasteiger partial charge in [0.1, 0.15) is 6.04 Å². The molecule has 2 aliphatic rings. The van der Waals surface area contributed by atoms with Crippen molar-refractivity contribution in [3.63, 3.8) is 0 Å². The van der Waals surface area contributed by atoms with Crippen molar-refractivity contribution in [1.29, 1.82) is 0 Å². The van der Waals surface area contributed by atoms with E-state index in [1.165, 1.54) is 4.90 Å². The van der Waals surface area contributed by atoms with Crippen LogP contribution in [0.25, 0.3) is 0 Å². The lowest BCUT2D eigenvalue weighted by Gasteiger charge is -2.36. The molecule has 2 aromatic rings. The van der Waals surface area contributed by atoms with Crippen molar-refractivity contribution in [3.8, 4) is 0 Å². The molecule has 8 nitrogen and oxygen atoms in total. The number of hydrogen-bond acceptors (Lipinski definition) is 5. The number of nitrogens with one attached hydrogen (secondary N) is 1. The lowest BCUT2D eigenvalue weighted by atomic mass is 10.00. The summed E-state index contributed by atoms with van der Waals surface area (Å²) in [5.41, 5.74) is 2.54. The molecule has 35 heavy (non-hydrogen) atoms. The van der Waals surface area contributed by atoms with Crippen molar-refractivity contribution in [1.82, 2.24) is 9.80 Å². The van der Waals surface area contributed by atoms with E-state index in [1.807, 2.05) is 61.5 Å². The Morgan fingerprint density at radius 1 is 1.00 bits per heavy atom. The fraction of sp³-hybridized carbons (Fsp3) is 0.444. The highest BCUT2D eigenvalue weighted by Gasteiger charge is 2.35. The summed E-state index contributed by atoms with van der Waals surface area (Å²) >= 11 is 0. The third-order valence-electron chi connectivity index (χ3n) is 6.58. The molecular weight excluding hydrogens is 444 g/mol. The van der Waals surface area contributed by atoms with Crippen LogP contribution in [0.2, 0.25) is 0 Å². The molecule has 0 bridgehead atoms. The Balaban J connectivity index is 1.43. The Bertz CT molecular complexity index is 1010. The van der Waals surface area contributed by atoms with E-state index >= 15 is 0 Å². The molecule has 2 aliphatic heterocycles. The van der Waals surface area contributed by atoms with Crippen molar-refractivity contribution >= 4 is 29.1 Å². The lowest BCUT2D eigenvalue weighted by Crippen LogP contribution is -2.48. The number of carbonyl (C=O) groups excluding carboxylic acids is 3. The smallest absolute Gasteiger partial charge is 0.250 e. The highest BCUT2D eigenvalue weighted by molar-refractivity contribution is 5.96. The number of piperidine rings is 1. The second-order valence-corrected chi connectivity index (χ2v) is 8.90. The van der Waals surface area contributed by atoms with Crippen molar-refractivity contribution < 1.29 is 19.1 Å². The molecule has 8 heteroatoms. The van der Waals surface area contributed by atoms with E-state index in [-0.39, 0.29) is 24.3 Å². The van der Waals surface area contributed by atoms with E-state index in [2.05, 4.69) is 10.2 Å². The van der Waals surface area contributed by atoms with Gasteiger partial charge in [0.15, 0.2) is 0 Å². The van der Waals surface area contributed by atoms with Crippen LogP contribution in [0.3, 0.4) is 0 Å². The first kappa shape index (κ1) is 24.7. The number of carbonyl (C=O) groups is 3. The van der Waals surface area contributed by atoms with Crippen LogP contribution in [-0.2, 0) is 19.1 Å². The van der Waals surface area contributed by atoms with Crippen molar-refractivity contribution in [2.75, 3.05) is 56.2 Å². The Labute approximate surface area is 206 Å². The Morgan fingerprint density at radius 3 is 2.37 bits per heavy atom. The van der Waals surface area contributed by atoms with Gasteiger partial charge >= 0.3 is 0 Å². The van der Waals surface area contributed by atoms with Gasteiger partial charge in [-0.1, -0.05) is 30.3 Å². The molecule has 2 saturated heterocycles. The predicted octanol–water partition coefficient (Wildman–Crippen LogP) is 3.06. The van der Waals surface area contributed by atoms with E-state index in [0.717, 1.165) is 37.2 Å². The fourth-order valence-corrected chi connectivity index (χ4v) is 4.66. The maximum absolute atomic E-state index is 13.7. The molecule has 0 saturated carbocycles. The number of hydrogen-bond donors (Lipinski definition) is 1. The monoisotopic (exact) mass is 478 g/mol. The summed E-state index contributed by atoms with van der Waals surface area (Å²) in [7, 11) is 0. The molecule has 0 radical (unpaired) electrons. The number of nitrogens with zero attached hydrogens (tertiary/aromatic N) is 3. The predicted molar refractivity (Wildman–Crippen MR) is 135 cm³/mol. The number of anilines is 2. The van der Waals surface area contributed by atoms with E-state index in [9.17, 15) is 14.4 Å². The van der Waals surface area contributed by atoms with Gasteiger partial charge in [-0.3, -0.25) is 14.4 Å². The van der Waals surface area contributed by atoms with Crippen LogP contribution in [0, 0.1) is 0 Å². The van der Waals surface area contributed by atoms with Crippen molar-refractivity contribution in [2.24, 2.45) is 0 Å². The summed E-state index contributed by atoms with van der Waals surface area (Å²) in [5, 5.41) is 2.90. The van der Waals surface area contributed by atoms with Gasteiger partial charge in [0.2, 0.25) is 17.7 Å². The van der Waals surface area contributed by atoms with Crippen molar-refractivity contribution in [2.45, 2.75) is 32.2 Å². The molecule has 2 aromatic carbocycles. The molecule has 1 N–H and O–H groups in total. The Hall–Kier alpha value is -3.39. The molecule has 1 unspecified atom stereocenters. The molecule has 3 amide bonds. The molecule has 0 aliphatic carbocycles. The summed E-state index contributed by atoms with van der Waals surface area (Å²) in [5.74, 6) is -0.512. The molecule has 2 heterocycles.